The molecule has 1 aromatic heterocycles. The number of nitrogens with one attached hydrogen (secondary N) is 2. The minimum atomic E-state index is -0.525. The Labute approximate surface area is 132 Å². The smallest absolute Gasteiger partial charge is 0.406 e. The van der Waals surface area contributed by atoms with Crippen molar-refractivity contribution in [2.45, 2.75) is 19.3 Å². The highest BCUT2D eigenvalue weighted by molar-refractivity contribution is 6.00. The Balaban J connectivity index is 1.62. The Bertz CT molecular complexity index is 954. The second-order valence-electron chi connectivity index (χ2n) is 5.98. The van der Waals surface area contributed by atoms with E-state index in [9.17, 15) is 9.59 Å². The summed E-state index contributed by atoms with van der Waals surface area (Å²) in [5, 5.41) is 2.91. The monoisotopic (exact) mass is 308 g/mol. The van der Waals surface area contributed by atoms with Gasteiger partial charge >= 0.3 is 5.76 Å². The Morgan fingerprint density at radius 3 is 2.87 bits per heavy atom. The van der Waals surface area contributed by atoms with Gasteiger partial charge in [0.15, 0.2) is 5.58 Å². The maximum atomic E-state index is 12.7. The number of benzene rings is 2. The van der Waals surface area contributed by atoms with Crippen LogP contribution in [0, 0.1) is 5.92 Å². The Morgan fingerprint density at radius 2 is 2.04 bits per heavy atom. The van der Waals surface area contributed by atoms with E-state index in [1.807, 2.05) is 12.1 Å². The van der Waals surface area contributed by atoms with Crippen LogP contribution in [0.2, 0.25) is 0 Å². The fourth-order valence-electron chi connectivity index (χ4n) is 3.41. The van der Waals surface area contributed by atoms with Crippen LogP contribution in [0.15, 0.2) is 51.7 Å². The number of hydrogen-bond acceptors (Lipinski definition) is 3. The molecule has 2 unspecified atom stereocenters. The molecule has 0 radical (unpaired) electrons. The quantitative estimate of drug-likeness (QED) is 0.764. The molecule has 2 atom stereocenters. The maximum absolute atomic E-state index is 12.7. The maximum Gasteiger partial charge on any atom is 0.417 e. The molecule has 2 aromatic carbocycles. The van der Waals surface area contributed by atoms with E-state index < -0.39 is 5.76 Å². The van der Waals surface area contributed by atoms with Crippen molar-refractivity contribution in [3.63, 3.8) is 0 Å². The van der Waals surface area contributed by atoms with Gasteiger partial charge < -0.3 is 9.73 Å². The Hall–Kier alpha value is -2.82. The van der Waals surface area contributed by atoms with E-state index in [0.717, 1.165) is 6.42 Å². The lowest BCUT2D eigenvalue weighted by Gasteiger charge is -2.16. The minimum Gasteiger partial charge on any atom is -0.406 e. The SMILES string of the molecule is CC1c2ccccc2CC1C(=O)Nc1cccc2[nH]c(=O)oc12. The third-order valence-electron chi connectivity index (χ3n) is 4.63. The van der Waals surface area contributed by atoms with E-state index in [4.69, 9.17) is 4.42 Å². The largest absolute Gasteiger partial charge is 0.417 e. The molecule has 0 saturated carbocycles. The summed E-state index contributed by atoms with van der Waals surface area (Å²) in [6.45, 7) is 2.08. The summed E-state index contributed by atoms with van der Waals surface area (Å²) in [5.74, 6) is -0.523. The van der Waals surface area contributed by atoms with Gasteiger partial charge in [-0.25, -0.2) is 4.79 Å². The second kappa shape index (κ2) is 5.12. The zero-order valence-electron chi connectivity index (χ0n) is 12.6. The number of H-pyrrole nitrogens is 1. The highest BCUT2D eigenvalue weighted by Gasteiger charge is 2.34. The first-order chi connectivity index (χ1) is 11.1. The molecular weight excluding hydrogens is 292 g/mol. The average molecular weight is 308 g/mol. The summed E-state index contributed by atoms with van der Waals surface area (Å²) in [4.78, 5) is 26.6. The number of amides is 1. The van der Waals surface area contributed by atoms with Gasteiger partial charge in [-0.3, -0.25) is 9.78 Å². The Kier molecular flexibility index (Phi) is 3.08. The van der Waals surface area contributed by atoms with Crippen molar-refractivity contribution >= 4 is 22.7 Å². The summed E-state index contributed by atoms with van der Waals surface area (Å²) >= 11 is 0. The minimum absolute atomic E-state index is 0.0509. The van der Waals surface area contributed by atoms with Gasteiger partial charge in [0.2, 0.25) is 5.91 Å². The molecule has 5 heteroatoms. The molecule has 2 N–H and O–H groups in total. The summed E-state index contributed by atoms with van der Waals surface area (Å²) in [6.07, 6.45) is 0.732. The zero-order valence-corrected chi connectivity index (χ0v) is 12.6. The van der Waals surface area contributed by atoms with Crippen LogP contribution in [0.4, 0.5) is 5.69 Å². The summed E-state index contributed by atoms with van der Waals surface area (Å²) in [7, 11) is 0. The third kappa shape index (κ3) is 2.25. The molecule has 1 aliphatic carbocycles. The molecule has 23 heavy (non-hydrogen) atoms. The number of para-hydroxylation sites is 1. The van der Waals surface area contributed by atoms with Crippen molar-refractivity contribution in [1.29, 1.82) is 0 Å². The molecule has 1 heterocycles. The average Bonchev–Trinajstić information content (AvgIpc) is 3.08. The van der Waals surface area contributed by atoms with Crippen LogP contribution in [0.5, 0.6) is 0 Å². The second-order valence-corrected chi connectivity index (χ2v) is 5.98. The molecule has 5 nitrogen and oxygen atoms in total. The molecular formula is C18H16N2O3. The van der Waals surface area contributed by atoms with Gasteiger partial charge in [0.1, 0.15) is 0 Å². The van der Waals surface area contributed by atoms with Crippen molar-refractivity contribution in [1.82, 2.24) is 4.98 Å². The van der Waals surface area contributed by atoms with Crippen molar-refractivity contribution < 1.29 is 9.21 Å². The summed E-state index contributed by atoms with van der Waals surface area (Å²) in [5.41, 5.74) is 3.95. The van der Waals surface area contributed by atoms with Crippen molar-refractivity contribution in [2.75, 3.05) is 5.32 Å². The molecule has 116 valence electrons. The van der Waals surface area contributed by atoms with Gasteiger partial charge in [-0.2, -0.15) is 0 Å². The molecule has 4 rings (SSSR count). The fraction of sp³-hybridized carbons (Fsp3) is 0.222. The number of anilines is 1. The van der Waals surface area contributed by atoms with Gasteiger partial charge in [0.05, 0.1) is 11.2 Å². The summed E-state index contributed by atoms with van der Waals surface area (Å²) < 4.78 is 5.13. The predicted molar refractivity (Wildman–Crippen MR) is 87.5 cm³/mol. The normalized spacial score (nSPS) is 19.7. The van der Waals surface area contributed by atoms with Crippen LogP contribution in [-0.4, -0.2) is 10.9 Å². The Morgan fingerprint density at radius 1 is 1.22 bits per heavy atom. The molecule has 1 aliphatic rings. The first-order valence-corrected chi connectivity index (χ1v) is 7.64. The van der Waals surface area contributed by atoms with Gasteiger partial charge in [-0.15, -0.1) is 0 Å². The highest BCUT2D eigenvalue weighted by atomic mass is 16.4. The van der Waals surface area contributed by atoms with Crippen LogP contribution >= 0.6 is 0 Å². The van der Waals surface area contributed by atoms with Crippen molar-refractivity contribution in [2.24, 2.45) is 5.92 Å². The van der Waals surface area contributed by atoms with Crippen LogP contribution in [0.25, 0.3) is 11.1 Å². The number of aromatic amines is 1. The van der Waals surface area contributed by atoms with E-state index >= 15 is 0 Å². The highest BCUT2D eigenvalue weighted by Crippen LogP contribution is 2.38. The molecule has 1 amide bonds. The number of rotatable bonds is 2. The van der Waals surface area contributed by atoms with Gasteiger partial charge in [0, 0.05) is 5.92 Å². The molecule has 0 bridgehead atoms. The van der Waals surface area contributed by atoms with E-state index in [2.05, 4.69) is 29.4 Å². The van der Waals surface area contributed by atoms with Crippen LogP contribution in [0.1, 0.15) is 24.0 Å². The first kappa shape index (κ1) is 13.8. The molecule has 3 aromatic rings. The topological polar surface area (TPSA) is 75.1 Å². The van der Waals surface area contributed by atoms with Crippen molar-refractivity contribution in [3.8, 4) is 0 Å². The van der Waals surface area contributed by atoms with Gasteiger partial charge in [0.25, 0.3) is 0 Å². The molecule has 0 aliphatic heterocycles. The lowest BCUT2D eigenvalue weighted by atomic mass is 9.94. The number of aromatic nitrogens is 1. The predicted octanol–water partition coefficient (Wildman–Crippen LogP) is 3.04. The number of carbonyl (C=O) groups is 1. The van der Waals surface area contributed by atoms with Gasteiger partial charge in [-0.05, 0) is 35.6 Å². The zero-order chi connectivity index (χ0) is 16.0. The molecule has 0 saturated heterocycles. The standard InChI is InChI=1S/C18H16N2O3/c1-10-12-6-3-2-5-11(12)9-13(10)17(21)19-14-7-4-8-15-16(14)23-18(22)20-15/h2-8,10,13H,9H2,1H3,(H,19,21)(H,20,22). The lowest BCUT2D eigenvalue weighted by molar-refractivity contribution is -0.120. The van der Waals surface area contributed by atoms with Crippen molar-refractivity contribution in [3.05, 3.63) is 64.1 Å². The van der Waals surface area contributed by atoms with E-state index in [1.54, 1.807) is 18.2 Å². The lowest BCUT2D eigenvalue weighted by Crippen LogP contribution is -2.25. The van der Waals surface area contributed by atoms with Crippen LogP contribution < -0.4 is 11.1 Å². The first-order valence-electron chi connectivity index (χ1n) is 7.64. The number of oxazole rings is 1. The fourth-order valence-corrected chi connectivity index (χ4v) is 3.41. The number of fused-ring (bicyclic) bond motifs is 2. The number of carbonyl (C=O) groups excluding carboxylic acids is 1. The molecule has 0 fully saturated rings. The molecule has 0 spiro atoms. The summed E-state index contributed by atoms with van der Waals surface area (Å²) in [6, 6.07) is 13.4. The van der Waals surface area contributed by atoms with E-state index in [0.29, 0.717) is 16.8 Å². The number of hydrogen-bond donors (Lipinski definition) is 2. The van der Waals surface area contributed by atoms with Gasteiger partial charge in [-0.1, -0.05) is 37.3 Å². The van der Waals surface area contributed by atoms with E-state index in [1.165, 1.54) is 11.1 Å². The van der Waals surface area contributed by atoms with Crippen LogP contribution in [-0.2, 0) is 11.2 Å². The van der Waals surface area contributed by atoms with E-state index in [-0.39, 0.29) is 17.7 Å². The third-order valence-corrected chi connectivity index (χ3v) is 4.63. The van der Waals surface area contributed by atoms with Crippen LogP contribution in [0.3, 0.4) is 0 Å².